The summed E-state index contributed by atoms with van der Waals surface area (Å²) in [7, 11) is 8.01. The zero-order valence-electron chi connectivity index (χ0n) is 18.3. The molecule has 0 unspecified atom stereocenters. The van der Waals surface area contributed by atoms with Crippen LogP contribution in [0.3, 0.4) is 0 Å². The lowest BCUT2D eigenvalue weighted by molar-refractivity contribution is 0.304. The van der Waals surface area contributed by atoms with Crippen LogP contribution in [0.25, 0.3) is 0 Å². The van der Waals surface area contributed by atoms with Crippen molar-refractivity contribution in [3.8, 4) is 5.75 Å². The van der Waals surface area contributed by atoms with Crippen LogP contribution in [-0.4, -0.2) is 50.6 Å². The quantitative estimate of drug-likeness (QED) is 0.237. The zero-order valence-corrected chi connectivity index (χ0v) is 18.3. The second-order valence-corrected chi connectivity index (χ2v) is 7.73. The van der Waals surface area contributed by atoms with Gasteiger partial charge in [0.15, 0.2) is 0 Å². The van der Waals surface area contributed by atoms with Crippen LogP contribution in [0.1, 0.15) is 71.1 Å². The molecule has 0 aliphatic heterocycles. The zero-order chi connectivity index (χ0) is 19.9. The Morgan fingerprint density at radius 2 is 1.22 bits per heavy atom. The summed E-state index contributed by atoms with van der Waals surface area (Å²) < 4.78 is 5.86. The first-order valence-electron chi connectivity index (χ1n) is 10.7. The van der Waals surface area contributed by atoms with Crippen molar-refractivity contribution in [2.45, 2.75) is 71.1 Å². The topological polar surface area (TPSA) is 28.1 Å². The van der Waals surface area contributed by atoms with Gasteiger partial charge < -0.3 is 14.5 Å². The molecule has 0 saturated carbocycles. The van der Waals surface area contributed by atoms with Gasteiger partial charge in [-0.15, -0.1) is 0 Å². The lowest BCUT2D eigenvalue weighted by atomic mass is 10.1. The SMILES string of the molecule is CCCCCCCCCCCCOc1ccc(N=C(N(C)C)N(C)C)cc1. The molecule has 0 aromatic heterocycles. The summed E-state index contributed by atoms with van der Waals surface area (Å²) in [6.45, 7) is 3.08. The minimum absolute atomic E-state index is 0.805. The number of ether oxygens (including phenoxy) is 1. The number of rotatable bonds is 13. The van der Waals surface area contributed by atoms with Gasteiger partial charge in [-0.2, -0.15) is 0 Å². The summed E-state index contributed by atoms with van der Waals surface area (Å²) >= 11 is 0. The normalized spacial score (nSPS) is 10.6. The molecule has 4 heteroatoms. The molecular weight excluding hydrogens is 334 g/mol. The highest BCUT2D eigenvalue weighted by Gasteiger charge is 2.04. The second kappa shape index (κ2) is 14.4. The first-order chi connectivity index (χ1) is 13.0. The summed E-state index contributed by atoms with van der Waals surface area (Å²) in [5.74, 6) is 1.86. The van der Waals surface area contributed by atoms with Crippen LogP contribution < -0.4 is 4.74 Å². The Morgan fingerprint density at radius 3 is 1.70 bits per heavy atom. The number of guanidine groups is 1. The molecular formula is C23H41N3O. The Balaban J connectivity index is 2.17. The predicted molar refractivity (Wildman–Crippen MR) is 118 cm³/mol. The number of aliphatic imine (C=N–C) groups is 1. The van der Waals surface area contributed by atoms with Gasteiger partial charge in [0.2, 0.25) is 5.96 Å². The van der Waals surface area contributed by atoms with E-state index in [0.717, 1.165) is 30.4 Å². The number of unbranched alkanes of at least 4 members (excludes halogenated alkanes) is 9. The average Bonchev–Trinajstić information content (AvgIpc) is 2.64. The van der Waals surface area contributed by atoms with Gasteiger partial charge in [0.25, 0.3) is 0 Å². The van der Waals surface area contributed by atoms with Crippen LogP contribution in [0.15, 0.2) is 29.3 Å². The van der Waals surface area contributed by atoms with Gasteiger partial charge in [-0.05, 0) is 30.7 Å². The van der Waals surface area contributed by atoms with Gasteiger partial charge in [0.05, 0.1) is 12.3 Å². The van der Waals surface area contributed by atoms with Crippen LogP contribution in [0.5, 0.6) is 5.75 Å². The van der Waals surface area contributed by atoms with E-state index in [-0.39, 0.29) is 0 Å². The molecule has 0 heterocycles. The lowest BCUT2D eigenvalue weighted by Gasteiger charge is -2.22. The first kappa shape index (κ1) is 23.3. The third kappa shape index (κ3) is 10.9. The van der Waals surface area contributed by atoms with Gasteiger partial charge in [-0.3, -0.25) is 0 Å². The van der Waals surface area contributed by atoms with Crippen molar-refractivity contribution >= 4 is 11.6 Å². The molecule has 0 aliphatic rings. The average molecular weight is 376 g/mol. The van der Waals surface area contributed by atoms with E-state index in [9.17, 15) is 0 Å². The monoisotopic (exact) mass is 375 g/mol. The van der Waals surface area contributed by atoms with E-state index < -0.39 is 0 Å². The van der Waals surface area contributed by atoms with Gasteiger partial charge in [0.1, 0.15) is 5.75 Å². The highest BCUT2D eigenvalue weighted by molar-refractivity contribution is 5.82. The molecule has 1 aromatic carbocycles. The smallest absolute Gasteiger partial charge is 0.200 e. The Bertz CT molecular complexity index is 499. The molecule has 0 fully saturated rings. The summed E-state index contributed by atoms with van der Waals surface area (Å²) in [4.78, 5) is 8.69. The molecule has 154 valence electrons. The van der Waals surface area contributed by atoms with E-state index in [1.807, 2.05) is 62.3 Å². The molecule has 0 atom stereocenters. The molecule has 0 bridgehead atoms. The fraction of sp³-hybridized carbons (Fsp3) is 0.696. The van der Waals surface area contributed by atoms with Crippen LogP contribution in [0, 0.1) is 0 Å². The Labute approximate surface area is 167 Å². The van der Waals surface area contributed by atoms with Crippen molar-refractivity contribution < 1.29 is 4.74 Å². The largest absolute Gasteiger partial charge is 0.494 e. The number of benzene rings is 1. The van der Waals surface area contributed by atoms with Crippen molar-refractivity contribution in [1.29, 1.82) is 0 Å². The molecule has 27 heavy (non-hydrogen) atoms. The second-order valence-electron chi connectivity index (χ2n) is 7.73. The molecule has 0 N–H and O–H groups in total. The molecule has 0 aliphatic carbocycles. The third-order valence-corrected chi connectivity index (χ3v) is 4.63. The summed E-state index contributed by atoms with van der Waals surface area (Å²) in [6, 6.07) is 8.05. The van der Waals surface area contributed by atoms with Gasteiger partial charge in [0, 0.05) is 28.2 Å². The lowest BCUT2D eigenvalue weighted by Crippen LogP contribution is -2.35. The van der Waals surface area contributed by atoms with Crippen molar-refractivity contribution in [3.63, 3.8) is 0 Å². The summed E-state index contributed by atoms with van der Waals surface area (Å²) in [5.41, 5.74) is 0.943. The standard InChI is InChI=1S/C23H41N3O/c1-6-7-8-9-10-11-12-13-14-15-20-27-22-18-16-21(17-19-22)24-23(25(2)3)26(4)5/h16-19H,6-15,20H2,1-5H3. The highest BCUT2D eigenvalue weighted by atomic mass is 16.5. The Morgan fingerprint density at radius 1 is 0.741 bits per heavy atom. The number of hydrogen-bond acceptors (Lipinski definition) is 2. The maximum Gasteiger partial charge on any atom is 0.200 e. The van der Waals surface area contributed by atoms with Crippen LogP contribution in [0.2, 0.25) is 0 Å². The van der Waals surface area contributed by atoms with Gasteiger partial charge in [-0.1, -0.05) is 64.7 Å². The van der Waals surface area contributed by atoms with Gasteiger partial charge >= 0.3 is 0 Å². The minimum Gasteiger partial charge on any atom is -0.494 e. The van der Waals surface area contributed by atoms with Crippen molar-refractivity contribution in [2.24, 2.45) is 4.99 Å². The fourth-order valence-corrected chi connectivity index (χ4v) is 3.11. The molecule has 0 saturated heterocycles. The van der Waals surface area contributed by atoms with E-state index in [4.69, 9.17) is 4.74 Å². The highest BCUT2D eigenvalue weighted by Crippen LogP contribution is 2.19. The molecule has 0 amide bonds. The maximum absolute atomic E-state index is 5.86. The molecule has 1 rings (SSSR count). The first-order valence-corrected chi connectivity index (χ1v) is 10.7. The maximum atomic E-state index is 5.86. The van der Waals surface area contributed by atoms with Crippen LogP contribution in [-0.2, 0) is 0 Å². The van der Waals surface area contributed by atoms with Crippen molar-refractivity contribution in [1.82, 2.24) is 9.80 Å². The van der Waals surface area contributed by atoms with E-state index >= 15 is 0 Å². The van der Waals surface area contributed by atoms with Crippen LogP contribution in [0.4, 0.5) is 5.69 Å². The molecule has 0 spiro atoms. The van der Waals surface area contributed by atoms with E-state index in [2.05, 4.69) is 11.9 Å². The minimum atomic E-state index is 0.805. The molecule has 1 aromatic rings. The van der Waals surface area contributed by atoms with E-state index in [0.29, 0.717) is 0 Å². The predicted octanol–water partition coefficient (Wildman–Crippen LogP) is 6.10. The Hall–Kier alpha value is -1.71. The third-order valence-electron chi connectivity index (χ3n) is 4.63. The van der Waals surface area contributed by atoms with E-state index in [1.165, 1.54) is 57.8 Å². The van der Waals surface area contributed by atoms with Crippen LogP contribution >= 0.6 is 0 Å². The molecule has 4 nitrogen and oxygen atoms in total. The summed E-state index contributed by atoms with van der Waals surface area (Å²) in [6.07, 6.45) is 13.5. The number of nitrogens with zero attached hydrogens (tertiary/aromatic N) is 3. The van der Waals surface area contributed by atoms with Crippen molar-refractivity contribution in [2.75, 3.05) is 34.8 Å². The Kier molecular flexibility index (Phi) is 12.4. The molecule has 0 radical (unpaired) electrons. The van der Waals surface area contributed by atoms with Gasteiger partial charge in [-0.25, -0.2) is 4.99 Å². The van der Waals surface area contributed by atoms with E-state index in [1.54, 1.807) is 0 Å². The number of hydrogen-bond donors (Lipinski definition) is 0. The van der Waals surface area contributed by atoms with Crippen molar-refractivity contribution in [3.05, 3.63) is 24.3 Å². The summed E-state index contributed by atoms with van der Waals surface area (Å²) in [5, 5.41) is 0. The fourth-order valence-electron chi connectivity index (χ4n) is 3.11.